The number of benzene rings is 2. The lowest BCUT2D eigenvalue weighted by Gasteiger charge is -2.36. The van der Waals surface area contributed by atoms with Crippen molar-refractivity contribution in [1.29, 1.82) is 0 Å². The van der Waals surface area contributed by atoms with Crippen LogP contribution in [0.15, 0.2) is 65.6 Å². The Labute approximate surface area is 280 Å². The number of hydroxylamine groups is 1. The monoisotopic (exact) mass is 696 g/mol. The van der Waals surface area contributed by atoms with Crippen LogP contribution in [0.5, 0.6) is 0 Å². The van der Waals surface area contributed by atoms with Crippen molar-refractivity contribution in [2.45, 2.75) is 69.4 Å². The van der Waals surface area contributed by atoms with Crippen molar-refractivity contribution < 1.29 is 36.2 Å². The SMILES string of the molecule is CCCC(CC(C)CC)(C(=O)NN)S(=O)(=O)C[C@@H](CN(C)C)[C@H](C/C=C/c1ccccc1)C(=O)NO.Cc1ccc(S(=O)(=O)O)cc1. The molecule has 0 saturated heterocycles. The molecule has 0 bridgehead atoms. The molecule has 0 fully saturated rings. The molecular weight excluding hydrogens is 645 g/mol. The second-order valence-electron chi connectivity index (χ2n) is 12.2. The topological polar surface area (TPSA) is 196 Å². The minimum absolute atomic E-state index is 0.0266. The summed E-state index contributed by atoms with van der Waals surface area (Å²) in [6, 6.07) is 15.5. The number of nitrogens with one attached hydrogen (secondary N) is 2. The predicted octanol–water partition coefficient (Wildman–Crippen LogP) is 4.01. The van der Waals surface area contributed by atoms with E-state index in [4.69, 9.17) is 10.4 Å². The van der Waals surface area contributed by atoms with E-state index in [0.717, 1.165) is 11.1 Å². The highest BCUT2D eigenvalue weighted by atomic mass is 32.2. The summed E-state index contributed by atoms with van der Waals surface area (Å²) in [5, 5.41) is 9.46. The Hall–Kier alpha value is -3.14. The van der Waals surface area contributed by atoms with Gasteiger partial charge in [0, 0.05) is 12.5 Å². The van der Waals surface area contributed by atoms with Crippen molar-refractivity contribution in [1.82, 2.24) is 15.8 Å². The summed E-state index contributed by atoms with van der Waals surface area (Å²) in [5.74, 6) is 2.15. The molecule has 2 unspecified atom stereocenters. The van der Waals surface area contributed by atoms with Gasteiger partial charge >= 0.3 is 0 Å². The lowest BCUT2D eigenvalue weighted by Crippen LogP contribution is -2.57. The van der Waals surface area contributed by atoms with Crippen LogP contribution >= 0.6 is 0 Å². The molecule has 2 amide bonds. The zero-order valence-electron chi connectivity index (χ0n) is 28.2. The minimum atomic E-state index is -4.08. The van der Waals surface area contributed by atoms with E-state index in [0.29, 0.717) is 12.8 Å². The molecular formula is C33H52N4O8S2. The van der Waals surface area contributed by atoms with Gasteiger partial charge in [-0.05, 0) is 69.8 Å². The average Bonchev–Trinajstić information content (AvgIpc) is 3.01. The van der Waals surface area contributed by atoms with Gasteiger partial charge in [0.05, 0.1) is 10.6 Å². The predicted molar refractivity (Wildman–Crippen MR) is 184 cm³/mol. The first-order valence-electron chi connectivity index (χ1n) is 15.6. The van der Waals surface area contributed by atoms with E-state index in [2.05, 4.69) is 5.43 Å². The third kappa shape index (κ3) is 13.1. The Morgan fingerprint density at radius 1 is 1.02 bits per heavy atom. The number of carbonyl (C=O) groups is 2. The number of hydrogen-bond donors (Lipinski definition) is 5. The van der Waals surface area contributed by atoms with E-state index in [9.17, 15) is 31.6 Å². The molecule has 2 aromatic carbocycles. The number of nitrogens with two attached hydrogens (primary N) is 1. The maximum atomic E-state index is 14.0. The standard InChI is InChI=1S/C26H44N4O5S.C7H8O3S/c1-6-16-26(25(32)28-27,17-20(3)7-2)36(34,35)19-22(18-30(4)5)23(24(31)29-33)15-11-14-21-12-9-8-10-13-21;1-6-2-4-7(5-3-6)11(8,9)10/h8-14,20,22-23,33H,6-7,15-19,27H2,1-5H3,(H,28,32)(H,29,31);2-5H,1H3,(H,8,9,10)/b14-11+;/t20?,22-,23+,26?;/m1./s1. The average molecular weight is 697 g/mol. The van der Waals surface area contributed by atoms with Gasteiger partial charge in [-0.2, -0.15) is 8.42 Å². The van der Waals surface area contributed by atoms with Gasteiger partial charge in [0.1, 0.15) is 0 Å². The zero-order valence-corrected chi connectivity index (χ0v) is 29.9. The van der Waals surface area contributed by atoms with Gasteiger partial charge < -0.3 is 4.90 Å². The van der Waals surface area contributed by atoms with Crippen LogP contribution in [-0.4, -0.2) is 74.4 Å². The van der Waals surface area contributed by atoms with E-state index in [1.165, 1.54) is 12.1 Å². The number of amides is 2. The molecule has 2 rings (SSSR count). The highest BCUT2D eigenvalue weighted by molar-refractivity contribution is 7.93. The van der Waals surface area contributed by atoms with Crippen LogP contribution in [0.4, 0.5) is 0 Å². The fraction of sp³-hybridized carbons (Fsp3) is 0.515. The molecule has 0 radical (unpaired) electrons. The van der Waals surface area contributed by atoms with Crippen LogP contribution in [0.1, 0.15) is 64.0 Å². The van der Waals surface area contributed by atoms with Crippen LogP contribution in [0, 0.1) is 24.7 Å². The van der Waals surface area contributed by atoms with Crippen LogP contribution in [0.2, 0.25) is 0 Å². The van der Waals surface area contributed by atoms with Gasteiger partial charge in [0.2, 0.25) is 5.91 Å². The highest BCUT2D eigenvalue weighted by Crippen LogP contribution is 2.36. The highest BCUT2D eigenvalue weighted by Gasteiger charge is 2.51. The third-order valence-electron chi connectivity index (χ3n) is 8.04. The molecule has 0 aliphatic rings. The molecule has 264 valence electrons. The molecule has 47 heavy (non-hydrogen) atoms. The second-order valence-corrected chi connectivity index (χ2v) is 15.9. The summed E-state index contributed by atoms with van der Waals surface area (Å²) in [5.41, 5.74) is 5.70. The van der Waals surface area contributed by atoms with E-state index < -0.39 is 54.1 Å². The van der Waals surface area contributed by atoms with Crippen LogP contribution < -0.4 is 16.7 Å². The molecule has 14 heteroatoms. The Morgan fingerprint density at radius 2 is 1.62 bits per heavy atom. The Kier molecular flexibility index (Phi) is 17.5. The molecule has 0 heterocycles. The lowest BCUT2D eigenvalue weighted by molar-refractivity contribution is -0.135. The molecule has 2 aromatic rings. The maximum absolute atomic E-state index is 14.0. The third-order valence-corrected chi connectivity index (χ3v) is 11.5. The van der Waals surface area contributed by atoms with Gasteiger partial charge in [0.15, 0.2) is 14.6 Å². The van der Waals surface area contributed by atoms with Crippen molar-refractivity contribution in [2.24, 2.45) is 23.6 Å². The molecule has 0 spiro atoms. The van der Waals surface area contributed by atoms with E-state index in [-0.39, 0.29) is 36.6 Å². The van der Waals surface area contributed by atoms with Crippen molar-refractivity contribution in [3.63, 3.8) is 0 Å². The number of hydrogen-bond acceptors (Lipinski definition) is 9. The molecule has 12 nitrogen and oxygen atoms in total. The smallest absolute Gasteiger partial charge is 0.294 e. The van der Waals surface area contributed by atoms with Gasteiger partial charge in [-0.3, -0.25) is 24.8 Å². The number of aryl methyl sites for hydroxylation is 1. The number of allylic oxidation sites excluding steroid dienone is 1. The summed E-state index contributed by atoms with van der Waals surface area (Å²) in [4.78, 5) is 27.5. The number of hydrazine groups is 1. The molecule has 6 N–H and O–H groups in total. The molecule has 0 aliphatic heterocycles. The van der Waals surface area contributed by atoms with Gasteiger partial charge in [-0.15, -0.1) is 0 Å². The summed E-state index contributed by atoms with van der Waals surface area (Å²) in [6.45, 7) is 7.81. The first-order valence-corrected chi connectivity index (χ1v) is 18.6. The Bertz CT molecular complexity index is 1500. The van der Waals surface area contributed by atoms with Crippen molar-refractivity contribution in [3.05, 3.63) is 71.8 Å². The Morgan fingerprint density at radius 3 is 2.09 bits per heavy atom. The van der Waals surface area contributed by atoms with Crippen molar-refractivity contribution >= 4 is 37.8 Å². The molecule has 0 saturated carbocycles. The normalized spacial score (nSPS) is 15.2. The zero-order chi connectivity index (χ0) is 35.8. The van der Waals surface area contributed by atoms with E-state index >= 15 is 0 Å². The Balaban J connectivity index is 0.000000841. The number of sulfone groups is 1. The van der Waals surface area contributed by atoms with E-state index in [1.54, 1.807) is 42.7 Å². The first kappa shape index (κ1) is 41.9. The number of rotatable bonds is 17. The second kappa shape index (κ2) is 19.6. The molecule has 0 aromatic heterocycles. The first-order chi connectivity index (χ1) is 22.0. The van der Waals surface area contributed by atoms with Crippen molar-refractivity contribution in [3.8, 4) is 0 Å². The fourth-order valence-corrected chi connectivity index (χ4v) is 8.50. The summed E-state index contributed by atoms with van der Waals surface area (Å²) in [6.07, 6.45) is 5.32. The fourth-order valence-electron chi connectivity index (χ4n) is 5.40. The maximum Gasteiger partial charge on any atom is 0.294 e. The minimum Gasteiger partial charge on any atom is -0.309 e. The molecule has 0 aliphatic carbocycles. The molecule has 4 atom stereocenters. The summed E-state index contributed by atoms with van der Waals surface area (Å²) in [7, 11) is -4.52. The largest absolute Gasteiger partial charge is 0.309 e. The quantitative estimate of drug-likeness (QED) is 0.0530. The van der Waals surface area contributed by atoms with Gasteiger partial charge in [-0.1, -0.05) is 93.8 Å². The summed E-state index contributed by atoms with van der Waals surface area (Å²) >= 11 is 0. The van der Waals surface area contributed by atoms with E-state index in [1.807, 2.05) is 64.1 Å². The van der Waals surface area contributed by atoms with Gasteiger partial charge in [-0.25, -0.2) is 19.7 Å². The van der Waals surface area contributed by atoms with Crippen LogP contribution in [0.25, 0.3) is 6.08 Å². The number of nitrogens with zero attached hydrogens (tertiary/aromatic N) is 1. The lowest BCUT2D eigenvalue weighted by atomic mass is 9.88. The summed E-state index contributed by atoms with van der Waals surface area (Å²) < 4.78 is 56.0. The van der Waals surface area contributed by atoms with Crippen LogP contribution in [-0.2, 0) is 29.5 Å². The van der Waals surface area contributed by atoms with Gasteiger partial charge in [0.25, 0.3) is 16.0 Å². The van der Waals surface area contributed by atoms with Crippen LogP contribution in [0.3, 0.4) is 0 Å². The van der Waals surface area contributed by atoms with Crippen molar-refractivity contribution in [2.75, 3.05) is 26.4 Å². The number of carbonyl (C=O) groups excluding carboxylic acids is 2.